The van der Waals surface area contributed by atoms with Gasteiger partial charge in [-0.3, -0.25) is 4.79 Å². The first-order valence-corrected chi connectivity index (χ1v) is 6.03. The van der Waals surface area contributed by atoms with Crippen LogP contribution in [0.25, 0.3) is 0 Å². The van der Waals surface area contributed by atoms with Crippen molar-refractivity contribution in [3.05, 3.63) is 11.5 Å². The molecule has 0 amide bonds. The lowest BCUT2D eigenvalue weighted by Crippen LogP contribution is -2.34. The van der Waals surface area contributed by atoms with Gasteiger partial charge in [0.1, 0.15) is 6.04 Å². The van der Waals surface area contributed by atoms with Crippen LogP contribution < -0.4 is 5.73 Å². The van der Waals surface area contributed by atoms with Gasteiger partial charge in [-0.25, -0.2) is 4.79 Å². The summed E-state index contributed by atoms with van der Waals surface area (Å²) in [5, 5.41) is 1.55. The molecule has 16 heavy (non-hydrogen) atoms. The van der Waals surface area contributed by atoms with Crippen molar-refractivity contribution < 1.29 is 19.1 Å². The molecule has 0 fully saturated rings. The summed E-state index contributed by atoms with van der Waals surface area (Å²) in [4.78, 5) is 22.0. The predicted molar refractivity (Wildman–Crippen MR) is 62.8 cm³/mol. The van der Waals surface area contributed by atoms with Crippen LogP contribution in [0.3, 0.4) is 0 Å². The Labute approximate surface area is 99.3 Å². The van der Waals surface area contributed by atoms with Gasteiger partial charge in [0.2, 0.25) is 0 Å². The van der Waals surface area contributed by atoms with Gasteiger partial charge < -0.3 is 15.2 Å². The SMILES string of the molecule is CCOC(=O)/C=C\SC[C@H](N)C(=O)OCC. The highest BCUT2D eigenvalue weighted by molar-refractivity contribution is 8.02. The molecule has 1 atom stereocenters. The van der Waals surface area contributed by atoms with Crippen molar-refractivity contribution in [2.45, 2.75) is 19.9 Å². The van der Waals surface area contributed by atoms with Crippen LogP contribution in [0.4, 0.5) is 0 Å². The van der Waals surface area contributed by atoms with Crippen LogP contribution in [0.2, 0.25) is 0 Å². The zero-order valence-electron chi connectivity index (χ0n) is 9.47. The lowest BCUT2D eigenvalue weighted by atomic mass is 10.4. The van der Waals surface area contributed by atoms with Crippen molar-refractivity contribution in [2.75, 3.05) is 19.0 Å². The molecular weight excluding hydrogens is 230 g/mol. The van der Waals surface area contributed by atoms with E-state index in [9.17, 15) is 9.59 Å². The molecular formula is C10H17NO4S. The highest BCUT2D eigenvalue weighted by atomic mass is 32.2. The summed E-state index contributed by atoms with van der Waals surface area (Å²) in [6.07, 6.45) is 1.30. The van der Waals surface area contributed by atoms with Gasteiger partial charge in [0.05, 0.1) is 13.2 Å². The number of thioether (sulfide) groups is 1. The molecule has 0 aromatic carbocycles. The van der Waals surface area contributed by atoms with E-state index in [2.05, 4.69) is 4.74 Å². The maximum Gasteiger partial charge on any atom is 0.331 e. The lowest BCUT2D eigenvalue weighted by molar-refractivity contribution is -0.144. The molecule has 0 aliphatic rings. The Balaban J connectivity index is 3.72. The van der Waals surface area contributed by atoms with Gasteiger partial charge in [-0.2, -0.15) is 0 Å². The molecule has 0 saturated heterocycles. The maximum atomic E-state index is 11.1. The van der Waals surface area contributed by atoms with Gasteiger partial charge in [-0.15, -0.1) is 11.8 Å². The summed E-state index contributed by atoms with van der Waals surface area (Å²) in [6, 6.07) is -0.670. The first-order valence-electron chi connectivity index (χ1n) is 4.98. The Morgan fingerprint density at radius 3 is 2.50 bits per heavy atom. The number of nitrogens with two attached hydrogens (primary N) is 1. The average molecular weight is 247 g/mol. The average Bonchev–Trinajstić information content (AvgIpc) is 2.24. The van der Waals surface area contributed by atoms with Crippen molar-refractivity contribution in [1.29, 1.82) is 0 Å². The Kier molecular flexibility index (Phi) is 8.65. The standard InChI is InChI=1S/C10H17NO4S/c1-3-14-9(12)5-6-16-7-8(11)10(13)15-4-2/h5-6,8H,3-4,7,11H2,1-2H3/b6-5-/t8-/m0/s1. The zero-order valence-corrected chi connectivity index (χ0v) is 10.3. The molecule has 6 heteroatoms. The van der Waals surface area contributed by atoms with Gasteiger partial charge in [0.25, 0.3) is 0 Å². The summed E-state index contributed by atoms with van der Waals surface area (Å²) in [5.74, 6) is -0.464. The second kappa shape index (κ2) is 9.23. The first kappa shape index (κ1) is 15.0. The second-order valence-electron chi connectivity index (χ2n) is 2.75. The normalized spacial score (nSPS) is 12.4. The minimum atomic E-state index is -0.670. The molecule has 0 spiro atoms. The van der Waals surface area contributed by atoms with Gasteiger partial charge >= 0.3 is 11.9 Å². The molecule has 0 rings (SSSR count). The third-order valence-corrected chi connectivity index (χ3v) is 2.33. The Morgan fingerprint density at radius 2 is 1.94 bits per heavy atom. The molecule has 0 aliphatic carbocycles. The van der Waals surface area contributed by atoms with Crippen molar-refractivity contribution in [2.24, 2.45) is 5.73 Å². The summed E-state index contributed by atoms with van der Waals surface area (Å²) < 4.78 is 9.40. The van der Waals surface area contributed by atoms with Crippen LogP contribution >= 0.6 is 11.8 Å². The second-order valence-corrected chi connectivity index (χ2v) is 3.69. The quantitative estimate of drug-likeness (QED) is 0.526. The van der Waals surface area contributed by atoms with Gasteiger partial charge in [-0.05, 0) is 19.3 Å². The topological polar surface area (TPSA) is 78.6 Å². The lowest BCUT2D eigenvalue weighted by Gasteiger charge is -2.07. The fourth-order valence-electron chi connectivity index (χ4n) is 0.771. The number of ether oxygens (including phenoxy) is 2. The van der Waals surface area contributed by atoms with Crippen LogP contribution in [-0.2, 0) is 19.1 Å². The fraction of sp³-hybridized carbons (Fsp3) is 0.600. The van der Waals surface area contributed by atoms with E-state index in [1.807, 2.05) is 0 Å². The number of rotatable bonds is 7. The molecule has 92 valence electrons. The molecule has 0 radical (unpaired) electrons. The Morgan fingerprint density at radius 1 is 1.31 bits per heavy atom. The molecule has 0 aromatic heterocycles. The third kappa shape index (κ3) is 7.30. The minimum absolute atomic E-state index is 0.315. The number of hydrogen-bond donors (Lipinski definition) is 1. The highest BCUT2D eigenvalue weighted by Crippen LogP contribution is 2.04. The maximum absolute atomic E-state index is 11.1. The fourth-order valence-corrected chi connectivity index (χ4v) is 1.43. The van der Waals surface area contributed by atoms with Crippen LogP contribution in [-0.4, -0.2) is 36.9 Å². The van der Waals surface area contributed by atoms with Crippen LogP contribution in [0.5, 0.6) is 0 Å². The van der Waals surface area contributed by atoms with E-state index in [4.69, 9.17) is 10.5 Å². The molecule has 0 aromatic rings. The van der Waals surface area contributed by atoms with E-state index < -0.39 is 18.0 Å². The summed E-state index contributed by atoms with van der Waals surface area (Å²) in [7, 11) is 0. The number of carbonyl (C=O) groups is 2. The minimum Gasteiger partial charge on any atom is -0.465 e. The molecule has 0 bridgehead atoms. The van der Waals surface area contributed by atoms with Crippen molar-refractivity contribution in [3.63, 3.8) is 0 Å². The van der Waals surface area contributed by atoms with Crippen LogP contribution in [0, 0.1) is 0 Å². The zero-order chi connectivity index (χ0) is 12.4. The number of carbonyl (C=O) groups excluding carboxylic acids is 2. The first-order chi connectivity index (χ1) is 7.61. The molecule has 0 aliphatic heterocycles. The monoisotopic (exact) mass is 247 g/mol. The number of esters is 2. The van der Waals surface area contributed by atoms with Crippen molar-refractivity contribution in [1.82, 2.24) is 0 Å². The van der Waals surface area contributed by atoms with Gasteiger partial charge in [0, 0.05) is 11.8 Å². The van der Waals surface area contributed by atoms with E-state index >= 15 is 0 Å². The summed E-state index contributed by atoms with van der Waals surface area (Å²) >= 11 is 1.26. The van der Waals surface area contributed by atoms with Gasteiger partial charge in [0.15, 0.2) is 0 Å². The largest absolute Gasteiger partial charge is 0.465 e. The van der Waals surface area contributed by atoms with E-state index in [0.29, 0.717) is 19.0 Å². The molecule has 5 nitrogen and oxygen atoms in total. The predicted octanol–water partition coefficient (Wildman–Crippen LogP) is 0.687. The summed E-state index contributed by atoms with van der Waals surface area (Å²) in [6.45, 7) is 4.11. The van der Waals surface area contributed by atoms with Crippen molar-refractivity contribution in [3.8, 4) is 0 Å². The number of hydrogen-bond acceptors (Lipinski definition) is 6. The van der Waals surface area contributed by atoms with Crippen molar-refractivity contribution >= 4 is 23.7 Å². The van der Waals surface area contributed by atoms with E-state index in [1.165, 1.54) is 17.8 Å². The molecule has 0 unspecified atom stereocenters. The van der Waals surface area contributed by atoms with Gasteiger partial charge in [-0.1, -0.05) is 0 Å². The molecule has 0 heterocycles. The van der Waals surface area contributed by atoms with E-state index in [1.54, 1.807) is 19.3 Å². The smallest absolute Gasteiger partial charge is 0.331 e. The highest BCUT2D eigenvalue weighted by Gasteiger charge is 2.13. The van der Waals surface area contributed by atoms with Crippen LogP contribution in [0.1, 0.15) is 13.8 Å². The Hall–Kier alpha value is -1.01. The Bertz CT molecular complexity index is 255. The van der Waals surface area contributed by atoms with E-state index in [-0.39, 0.29) is 0 Å². The molecule has 2 N–H and O–H groups in total. The van der Waals surface area contributed by atoms with Crippen LogP contribution in [0.15, 0.2) is 11.5 Å². The molecule has 0 saturated carbocycles. The third-order valence-electron chi connectivity index (χ3n) is 1.45. The summed E-state index contributed by atoms with van der Waals surface area (Å²) in [5.41, 5.74) is 5.53. The van der Waals surface area contributed by atoms with E-state index in [0.717, 1.165) is 0 Å².